The highest BCUT2D eigenvalue weighted by Gasteiger charge is 2.13. The molecule has 0 saturated carbocycles. The van der Waals surface area contributed by atoms with Gasteiger partial charge in [-0.2, -0.15) is 0 Å². The third kappa shape index (κ3) is 3.23. The normalized spacial score (nSPS) is 10.6. The molecule has 0 fully saturated rings. The molecular formula is C11H14O4. The van der Waals surface area contributed by atoms with E-state index in [0.717, 1.165) is 6.26 Å². The van der Waals surface area contributed by atoms with E-state index in [0.29, 0.717) is 6.42 Å². The fourth-order valence-corrected chi connectivity index (χ4v) is 1.32. The summed E-state index contributed by atoms with van der Waals surface area (Å²) in [6, 6.07) is 1.26. The van der Waals surface area contributed by atoms with Crippen LogP contribution in [0.25, 0.3) is 0 Å². The van der Waals surface area contributed by atoms with Gasteiger partial charge in [0.05, 0.1) is 11.8 Å². The maximum Gasteiger partial charge on any atom is 0.343 e. The smallest absolute Gasteiger partial charge is 0.343 e. The summed E-state index contributed by atoms with van der Waals surface area (Å²) in [6.45, 7) is 3.84. The van der Waals surface area contributed by atoms with E-state index in [2.05, 4.69) is 4.42 Å². The summed E-state index contributed by atoms with van der Waals surface area (Å²) in [6.07, 6.45) is 1.44. The molecule has 1 rings (SSSR count). The van der Waals surface area contributed by atoms with Gasteiger partial charge in [0.2, 0.25) is 0 Å². The van der Waals surface area contributed by atoms with Crippen molar-refractivity contribution in [3.8, 4) is 5.75 Å². The Morgan fingerprint density at radius 3 is 2.73 bits per heavy atom. The molecule has 0 aromatic carbocycles. The molecule has 0 aliphatic heterocycles. The predicted octanol–water partition coefficient (Wildman–Crippen LogP) is 1.50. The van der Waals surface area contributed by atoms with Crippen molar-refractivity contribution in [2.24, 2.45) is 5.92 Å². The van der Waals surface area contributed by atoms with Crippen molar-refractivity contribution >= 4 is 5.78 Å². The Bertz CT molecular complexity index is 403. The van der Waals surface area contributed by atoms with E-state index in [1.807, 2.05) is 13.8 Å². The molecule has 0 atom stereocenters. The number of carbonyl (C=O) groups excluding carboxylic acids is 1. The van der Waals surface area contributed by atoms with Gasteiger partial charge in [-0.3, -0.25) is 4.79 Å². The topological polar surface area (TPSA) is 67.5 Å². The maximum absolute atomic E-state index is 11.4. The van der Waals surface area contributed by atoms with Gasteiger partial charge in [0.25, 0.3) is 0 Å². The molecule has 4 heteroatoms. The first-order valence-electron chi connectivity index (χ1n) is 4.82. The number of carbonyl (C=O) groups is 1. The van der Waals surface area contributed by atoms with Crippen molar-refractivity contribution in [3.63, 3.8) is 0 Å². The van der Waals surface area contributed by atoms with E-state index in [1.165, 1.54) is 6.07 Å². The van der Waals surface area contributed by atoms with Crippen molar-refractivity contribution in [1.82, 2.24) is 0 Å². The van der Waals surface area contributed by atoms with Gasteiger partial charge in [0, 0.05) is 18.9 Å². The van der Waals surface area contributed by atoms with Crippen LogP contribution in [0.4, 0.5) is 0 Å². The summed E-state index contributed by atoms with van der Waals surface area (Å²) in [4.78, 5) is 22.6. The van der Waals surface area contributed by atoms with Gasteiger partial charge < -0.3 is 9.52 Å². The van der Waals surface area contributed by atoms with Crippen LogP contribution in [0.2, 0.25) is 0 Å². The van der Waals surface area contributed by atoms with E-state index in [4.69, 9.17) is 0 Å². The fourth-order valence-electron chi connectivity index (χ4n) is 1.32. The zero-order valence-electron chi connectivity index (χ0n) is 8.82. The van der Waals surface area contributed by atoms with Crippen LogP contribution < -0.4 is 5.63 Å². The second kappa shape index (κ2) is 4.77. The molecule has 0 spiro atoms. The SMILES string of the molecule is CC(C)CC(=O)Cc1c(O)ccoc1=O. The lowest BCUT2D eigenvalue weighted by Gasteiger charge is -2.04. The van der Waals surface area contributed by atoms with Crippen molar-refractivity contribution in [2.75, 3.05) is 0 Å². The van der Waals surface area contributed by atoms with Gasteiger partial charge in [-0.25, -0.2) is 4.79 Å². The first kappa shape index (κ1) is 11.5. The van der Waals surface area contributed by atoms with Crippen LogP contribution in [0, 0.1) is 5.92 Å². The average molecular weight is 210 g/mol. The summed E-state index contributed by atoms with van der Waals surface area (Å²) in [5, 5.41) is 9.36. The van der Waals surface area contributed by atoms with Crippen LogP contribution in [0.15, 0.2) is 21.5 Å². The molecule has 1 aromatic heterocycles. The maximum atomic E-state index is 11.4. The first-order valence-corrected chi connectivity index (χ1v) is 4.82. The highest BCUT2D eigenvalue weighted by Crippen LogP contribution is 2.13. The fraction of sp³-hybridized carbons (Fsp3) is 0.455. The van der Waals surface area contributed by atoms with Crippen molar-refractivity contribution < 1.29 is 14.3 Å². The van der Waals surface area contributed by atoms with Crippen LogP contribution in [-0.4, -0.2) is 10.9 Å². The molecule has 0 aliphatic carbocycles. The van der Waals surface area contributed by atoms with Gasteiger partial charge in [0.15, 0.2) is 0 Å². The van der Waals surface area contributed by atoms with Crippen LogP contribution in [-0.2, 0) is 11.2 Å². The van der Waals surface area contributed by atoms with Crippen molar-refractivity contribution in [3.05, 3.63) is 28.3 Å². The minimum Gasteiger partial charge on any atom is -0.507 e. The number of rotatable bonds is 4. The molecule has 1 N–H and O–H groups in total. The van der Waals surface area contributed by atoms with Gasteiger partial charge in [-0.1, -0.05) is 13.8 Å². The summed E-state index contributed by atoms with van der Waals surface area (Å²) in [7, 11) is 0. The monoisotopic (exact) mass is 210 g/mol. The number of hydrogen-bond donors (Lipinski definition) is 1. The Labute approximate surface area is 87.5 Å². The molecule has 82 valence electrons. The molecule has 4 nitrogen and oxygen atoms in total. The minimum atomic E-state index is -0.646. The second-order valence-corrected chi connectivity index (χ2v) is 3.89. The van der Waals surface area contributed by atoms with Gasteiger partial charge in [0.1, 0.15) is 11.5 Å². The van der Waals surface area contributed by atoms with Crippen LogP contribution in [0.1, 0.15) is 25.8 Å². The van der Waals surface area contributed by atoms with Gasteiger partial charge in [-0.15, -0.1) is 0 Å². The molecule has 0 radical (unpaired) electrons. The van der Waals surface area contributed by atoms with Crippen LogP contribution in [0.5, 0.6) is 5.75 Å². The van der Waals surface area contributed by atoms with Gasteiger partial charge in [-0.05, 0) is 5.92 Å². The minimum absolute atomic E-state index is 0.0446. The standard InChI is InChI=1S/C11H14O4/c1-7(2)5-8(12)6-9-10(13)3-4-15-11(9)14/h3-4,7,13H,5-6H2,1-2H3. The number of ketones is 1. The molecule has 0 amide bonds. The number of hydrogen-bond acceptors (Lipinski definition) is 4. The van der Waals surface area contributed by atoms with Crippen molar-refractivity contribution in [1.29, 1.82) is 0 Å². The molecule has 1 heterocycles. The predicted molar refractivity (Wildman–Crippen MR) is 54.8 cm³/mol. The van der Waals surface area contributed by atoms with Crippen LogP contribution in [0.3, 0.4) is 0 Å². The quantitative estimate of drug-likeness (QED) is 0.817. The molecular weight excluding hydrogens is 196 g/mol. The summed E-state index contributed by atoms with van der Waals surface area (Å²) >= 11 is 0. The zero-order valence-corrected chi connectivity index (χ0v) is 8.82. The van der Waals surface area contributed by atoms with E-state index in [1.54, 1.807) is 0 Å². The number of aromatic hydroxyl groups is 1. The Morgan fingerprint density at radius 1 is 1.53 bits per heavy atom. The van der Waals surface area contributed by atoms with Crippen molar-refractivity contribution in [2.45, 2.75) is 26.7 Å². The lowest BCUT2D eigenvalue weighted by atomic mass is 10.0. The largest absolute Gasteiger partial charge is 0.507 e. The summed E-state index contributed by atoms with van der Waals surface area (Å²) in [5.74, 6) is -0.00227. The third-order valence-corrected chi connectivity index (χ3v) is 1.97. The Kier molecular flexibility index (Phi) is 3.66. The average Bonchev–Trinajstić information content (AvgIpc) is 2.10. The zero-order chi connectivity index (χ0) is 11.4. The molecule has 15 heavy (non-hydrogen) atoms. The van der Waals surface area contributed by atoms with E-state index < -0.39 is 5.63 Å². The molecule has 1 aromatic rings. The van der Waals surface area contributed by atoms with Crippen LogP contribution >= 0.6 is 0 Å². The molecule has 0 aliphatic rings. The lowest BCUT2D eigenvalue weighted by molar-refractivity contribution is -0.119. The Morgan fingerprint density at radius 2 is 2.20 bits per heavy atom. The second-order valence-electron chi connectivity index (χ2n) is 3.89. The Hall–Kier alpha value is -1.58. The Balaban J connectivity index is 2.81. The highest BCUT2D eigenvalue weighted by molar-refractivity contribution is 5.81. The summed E-state index contributed by atoms with van der Waals surface area (Å²) < 4.78 is 4.58. The van der Waals surface area contributed by atoms with Gasteiger partial charge >= 0.3 is 5.63 Å². The molecule has 0 unspecified atom stereocenters. The van der Waals surface area contributed by atoms with E-state index >= 15 is 0 Å². The van der Waals surface area contributed by atoms with E-state index in [9.17, 15) is 14.7 Å². The molecule has 0 saturated heterocycles. The third-order valence-electron chi connectivity index (χ3n) is 1.97. The highest BCUT2D eigenvalue weighted by atomic mass is 16.4. The van der Waals surface area contributed by atoms with E-state index in [-0.39, 0.29) is 29.4 Å². The number of Topliss-reactive ketones (excluding diaryl/α,β-unsaturated/α-hetero) is 1. The first-order chi connectivity index (χ1) is 7.00. The lowest BCUT2D eigenvalue weighted by Crippen LogP contribution is -2.14. The molecule has 0 bridgehead atoms. The summed E-state index contributed by atoms with van der Waals surface area (Å²) in [5.41, 5.74) is -0.602.